The average molecular weight is 482 g/mol. The van der Waals surface area contributed by atoms with Crippen LogP contribution in [0.3, 0.4) is 0 Å². The molecule has 1 saturated carbocycles. The van der Waals surface area contributed by atoms with Gasteiger partial charge in [0.1, 0.15) is 6.04 Å². The molecule has 0 spiro atoms. The maximum atomic E-state index is 14.1. The molecule has 192 valence electrons. The fraction of sp³-hybridized carbons (Fsp3) is 0.714. The van der Waals surface area contributed by atoms with E-state index in [-0.39, 0.29) is 29.8 Å². The molecule has 7 heteroatoms. The minimum absolute atomic E-state index is 0.0775. The molecule has 1 aromatic rings. The van der Waals surface area contributed by atoms with Gasteiger partial charge in [-0.05, 0) is 76.1 Å². The van der Waals surface area contributed by atoms with Crippen molar-refractivity contribution < 1.29 is 9.59 Å². The molecule has 4 aliphatic rings. The van der Waals surface area contributed by atoms with Crippen molar-refractivity contribution in [3.8, 4) is 0 Å². The van der Waals surface area contributed by atoms with Crippen LogP contribution in [0.4, 0.5) is 0 Å². The van der Waals surface area contributed by atoms with Crippen molar-refractivity contribution in [1.29, 1.82) is 0 Å². The number of nitrogens with one attached hydrogen (secondary N) is 3. The SMILES string of the molecule is CN[C@@H](C)C(=O)N[C@H](C(=O)N1CNC2CCCN(C3Cc4ccccc4C3)CC21)C1CCCCC1. The van der Waals surface area contributed by atoms with E-state index in [4.69, 9.17) is 0 Å². The minimum atomic E-state index is -0.424. The quantitative estimate of drug-likeness (QED) is 0.580. The van der Waals surface area contributed by atoms with Crippen LogP contribution in [0.2, 0.25) is 0 Å². The first-order valence-electron chi connectivity index (χ1n) is 13.9. The van der Waals surface area contributed by atoms with Gasteiger partial charge in [-0.25, -0.2) is 0 Å². The van der Waals surface area contributed by atoms with Crippen molar-refractivity contribution >= 4 is 11.8 Å². The van der Waals surface area contributed by atoms with Gasteiger partial charge in [-0.3, -0.25) is 19.8 Å². The molecule has 7 nitrogen and oxygen atoms in total. The average Bonchev–Trinajstić information content (AvgIpc) is 3.44. The van der Waals surface area contributed by atoms with Crippen molar-refractivity contribution in [2.24, 2.45) is 5.92 Å². The second-order valence-corrected chi connectivity index (χ2v) is 11.2. The molecule has 35 heavy (non-hydrogen) atoms. The number of amides is 2. The van der Waals surface area contributed by atoms with Crippen molar-refractivity contribution in [1.82, 2.24) is 25.8 Å². The molecule has 0 aromatic heterocycles. The van der Waals surface area contributed by atoms with E-state index in [0.717, 1.165) is 64.5 Å². The van der Waals surface area contributed by atoms with Crippen molar-refractivity contribution in [3.63, 3.8) is 0 Å². The van der Waals surface area contributed by atoms with Gasteiger partial charge in [-0.15, -0.1) is 0 Å². The van der Waals surface area contributed by atoms with Crippen LogP contribution in [0, 0.1) is 5.92 Å². The molecule has 2 unspecified atom stereocenters. The summed E-state index contributed by atoms with van der Waals surface area (Å²) in [4.78, 5) is 31.7. The number of nitrogens with zero attached hydrogens (tertiary/aromatic N) is 2. The number of rotatable bonds is 6. The maximum Gasteiger partial charge on any atom is 0.246 e. The Bertz CT molecular complexity index is 876. The molecule has 2 amide bonds. The van der Waals surface area contributed by atoms with Gasteiger partial charge in [0.25, 0.3) is 0 Å². The molecular formula is C28H43N5O2. The van der Waals surface area contributed by atoms with Crippen LogP contribution < -0.4 is 16.0 Å². The summed E-state index contributed by atoms with van der Waals surface area (Å²) in [5.74, 6) is 0.269. The van der Waals surface area contributed by atoms with E-state index in [0.29, 0.717) is 18.8 Å². The topological polar surface area (TPSA) is 76.7 Å². The fourth-order valence-electron chi connectivity index (χ4n) is 6.86. The highest BCUT2D eigenvalue weighted by molar-refractivity contribution is 5.90. The standard InChI is InChI=1S/C28H43N5O2/c1-19(29-2)27(34)31-26(20-9-4-3-5-10-20)28(35)33-18-30-24-13-8-14-32(17-25(24)33)23-15-21-11-6-7-12-22(21)16-23/h6-7,11-12,19-20,23-26,29-30H,3-5,8-10,13-18H2,1-2H3,(H,31,34)/t19-,24?,25?,26-/m0/s1. The molecular weight excluding hydrogens is 438 g/mol. The number of likely N-dealkylation sites (tertiary alicyclic amines) is 1. The zero-order valence-corrected chi connectivity index (χ0v) is 21.5. The smallest absolute Gasteiger partial charge is 0.246 e. The summed E-state index contributed by atoms with van der Waals surface area (Å²) >= 11 is 0. The predicted molar refractivity (Wildman–Crippen MR) is 138 cm³/mol. The first-order valence-corrected chi connectivity index (χ1v) is 13.9. The molecule has 4 atom stereocenters. The number of hydrogen-bond acceptors (Lipinski definition) is 5. The van der Waals surface area contributed by atoms with Crippen LogP contribution in [0.1, 0.15) is 63.0 Å². The molecule has 2 aliphatic carbocycles. The van der Waals surface area contributed by atoms with Gasteiger partial charge in [-0.2, -0.15) is 0 Å². The molecule has 2 aliphatic heterocycles. The van der Waals surface area contributed by atoms with Crippen LogP contribution in [0.15, 0.2) is 24.3 Å². The van der Waals surface area contributed by atoms with Crippen molar-refractivity contribution in [2.45, 2.75) is 94.9 Å². The summed E-state index contributed by atoms with van der Waals surface area (Å²) in [6.45, 7) is 4.46. The minimum Gasteiger partial charge on any atom is -0.343 e. The van der Waals surface area contributed by atoms with E-state index in [9.17, 15) is 9.59 Å². The molecule has 1 aromatic carbocycles. The fourth-order valence-corrected chi connectivity index (χ4v) is 6.86. The zero-order valence-electron chi connectivity index (χ0n) is 21.5. The van der Waals surface area contributed by atoms with Crippen molar-refractivity contribution in [3.05, 3.63) is 35.4 Å². The summed E-state index contributed by atoms with van der Waals surface area (Å²) in [6, 6.07) is 9.13. The molecule has 3 N–H and O–H groups in total. The summed E-state index contributed by atoms with van der Waals surface area (Å²) < 4.78 is 0. The number of likely N-dealkylation sites (N-methyl/N-ethyl adjacent to an activating group) is 1. The number of fused-ring (bicyclic) bond motifs is 2. The van der Waals surface area contributed by atoms with Gasteiger partial charge in [0.15, 0.2) is 0 Å². The lowest BCUT2D eigenvalue weighted by Crippen LogP contribution is -2.58. The third-order valence-corrected chi connectivity index (χ3v) is 9.11. The van der Waals surface area contributed by atoms with E-state index in [2.05, 4.69) is 50.0 Å². The predicted octanol–water partition coefficient (Wildman–Crippen LogP) is 2.05. The first kappa shape index (κ1) is 24.7. The maximum absolute atomic E-state index is 14.1. The van der Waals surface area contributed by atoms with Gasteiger partial charge in [0.2, 0.25) is 11.8 Å². The number of benzene rings is 1. The Morgan fingerprint density at radius 2 is 1.74 bits per heavy atom. The molecule has 2 saturated heterocycles. The highest BCUT2D eigenvalue weighted by Crippen LogP contribution is 2.32. The van der Waals surface area contributed by atoms with Gasteiger partial charge in [0, 0.05) is 18.6 Å². The third-order valence-electron chi connectivity index (χ3n) is 9.11. The summed E-state index contributed by atoms with van der Waals surface area (Å²) in [5, 5.41) is 9.85. The second-order valence-electron chi connectivity index (χ2n) is 11.2. The van der Waals surface area contributed by atoms with Crippen LogP contribution in [0.25, 0.3) is 0 Å². The van der Waals surface area contributed by atoms with Crippen LogP contribution in [0.5, 0.6) is 0 Å². The lowest BCUT2D eigenvalue weighted by Gasteiger charge is -2.37. The van der Waals surface area contributed by atoms with Crippen molar-refractivity contribution in [2.75, 3.05) is 26.8 Å². The van der Waals surface area contributed by atoms with Gasteiger partial charge in [0.05, 0.1) is 18.8 Å². The van der Waals surface area contributed by atoms with E-state index in [1.807, 2.05) is 6.92 Å². The number of carbonyl (C=O) groups is 2. The largest absolute Gasteiger partial charge is 0.343 e. The molecule has 2 heterocycles. The highest BCUT2D eigenvalue weighted by atomic mass is 16.2. The molecule has 0 bridgehead atoms. The Morgan fingerprint density at radius 3 is 2.43 bits per heavy atom. The van der Waals surface area contributed by atoms with Crippen LogP contribution >= 0.6 is 0 Å². The molecule has 0 radical (unpaired) electrons. The van der Waals surface area contributed by atoms with Crippen LogP contribution in [-0.2, 0) is 22.4 Å². The molecule has 5 rings (SSSR count). The number of hydrogen-bond donors (Lipinski definition) is 3. The molecule has 3 fully saturated rings. The second kappa shape index (κ2) is 11.0. The Hall–Kier alpha value is -1.96. The summed E-state index contributed by atoms with van der Waals surface area (Å²) in [6.07, 6.45) is 10.0. The zero-order chi connectivity index (χ0) is 24.4. The van der Waals surface area contributed by atoms with Gasteiger partial charge in [-0.1, -0.05) is 43.5 Å². The van der Waals surface area contributed by atoms with E-state index in [1.54, 1.807) is 7.05 Å². The summed E-state index contributed by atoms with van der Waals surface area (Å²) in [5.41, 5.74) is 2.96. The highest BCUT2D eigenvalue weighted by Gasteiger charge is 2.44. The van der Waals surface area contributed by atoms with Gasteiger partial charge >= 0.3 is 0 Å². The van der Waals surface area contributed by atoms with Gasteiger partial charge < -0.3 is 15.5 Å². The Labute approximate surface area is 210 Å². The monoisotopic (exact) mass is 481 g/mol. The summed E-state index contributed by atoms with van der Waals surface area (Å²) in [7, 11) is 1.79. The number of carbonyl (C=O) groups excluding carboxylic acids is 2. The normalized spacial score (nSPS) is 27.7. The lowest BCUT2D eigenvalue weighted by molar-refractivity contribution is -0.140. The third kappa shape index (κ3) is 5.27. The first-order chi connectivity index (χ1) is 17.0. The van der Waals surface area contributed by atoms with E-state index < -0.39 is 6.04 Å². The Kier molecular flexibility index (Phi) is 7.75. The Balaban J connectivity index is 1.32. The Morgan fingerprint density at radius 1 is 1.03 bits per heavy atom. The van der Waals surface area contributed by atoms with E-state index >= 15 is 0 Å². The van der Waals surface area contributed by atoms with E-state index in [1.165, 1.54) is 17.5 Å². The van der Waals surface area contributed by atoms with Crippen LogP contribution in [-0.4, -0.2) is 78.6 Å². The lowest BCUT2D eigenvalue weighted by atomic mass is 9.83.